The highest BCUT2D eigenvalue weighted by Gasteiger charge is 2.00. The van der Waals surface area contributed by atoms with Gasteiger partial charge in [-0.1, -0.05) is 6.92 Å². The first-order chi connectivity index (χ1) is 4.34. The zero-order valence-electron chi connectivity index (χ0n) is 5.21. The van der Waals surface area contributed by atoms with Gasteiger partial charge in [0.05, 0.1) is 0 Å². The van der Waals surface area contributed by atoms with Crippen LogP contribution in [0.3, 0.4) is 0 Å². The Kier molecular flexibility index (Phi) is 2.25. The molecule has 1 heterocycles. The smallest absolute Gasteiger partial charge is 0.0303 e. The summed E-state index contributed by atoms with van der Waals surface area (Å²) in [6.45, 7) is 3.72. The number of hydrogen-bond donors (Lipinski definition) is 1. The lowest BCUT2D eigenvalue weighted by molar-refractivity contribution is 0.742. The summed E-state index contributed by atoms with van der Waals surface area (Å²) in [5.41, 5.74) is 6.89. The molecule has 1 radical (unpaired) electrons. The molecule has 0 unspecified atom stereocenters. The van der Waals surface area contributed by atoms with Crippen molar-refractivity contribution in [1.29, 1.82) is 0 Å². The van der Waals surface area contributed by atoms with Gasteiger partial charge in [0.15, 0.2) is 0 Å². The van der Waals surface area contributed by atoms with Crippen molar-refractivity contribution in [2.45, 2.75) is 12.5 Å². The molecule has 1 atom stereocenters. The van der Waals surface area contributed by atoms with Crippen molar-refractivity contribution in [3.63, 3.8) is 0 Å². The molecule has 0 amide bonds. The Labute approximate surface area is 59.5 Å². The maximum Gasteiger partial charge on any atom is 0.0303 e. The average Bonchev–Trinajstić information content (AvgIpc) is 2.37. The van der Waals surface area contributed by atoms with E-state index < -0.39 is 0 Å². The van der Waals surface area contributed by atoms with Crippen LogP contribution in [0.2, 0.25) is 0 Å². The quantitative estimate of drug-likeness (QED) is 0.667. The fourth-order valence-corrected chi connectivity index (χ4v) is 1.38. The van der Waals surface area contributed by atoms with Gasteiger partial charge in [0.1, 0.15) is 0 Å². The summed E-state index contributed by atoms with van der Waals surface area (Å²) >= 11 is 1.68. The van der Waals surface area contributed by atoms with Gasteiger partial charge in [-0.05, 0) is 28.8 Å². The topological polar surface area (TPSA) is 26.0 Å². The van der Waals surface area contributed by atoms with Crippen LogP contribution < -0.4 is 5.73 Å². The van der Waals surface area contributed by atoms with Crippen molar-refractivity contribution in [3.8, 4) is 0 Å². The van der Waals surface area contributed by atoms with Crippen LogP contribution in [0, 0.1) is 6.92 Å². The van der Waals surface area contributed by atoms with E-state index >= 15 is 0 Å². The molecule has 9 heavy (non-hydrogen) atoms. The summed E-state index contributed by atoms with van der Waals surface area (Å²) in [6, 6.07) is 2.18. The Morgan fingerprint density at radius 3 is 3.00 bits per heavy atom. The molecule has 0 saturated carbocycles. The Hall–Kier alpha value is -0.340. The van der Waals surface area contributed by atoms with Crippen molar-refractivity contribution in [1.82, 2.24) is 0 Å². The van der Waals surface area contributed by atoms with Crippen LogP contribution in [0.1, 0.15) is 18.0 Å². The number of thiophene rings is 1. The third-order valence-corrected chi connectivity index (χ3v) is 1.98. The first kappa shape index (κ1) is 6.78. The van der Waals surface area contributed by atoms with Gasteiger partial charge in [-0.3, -0.25) is 0 Å². The van der Waals surface area contributed by atoms with Crippen LogP contribution in [-0.2, 0) is 0 Å². The molecule has 0 fully saturated rings. The monoisotopic (exact) mass is 140 g/mol. The molecule has 0 spiro atoms. The Morgan fingerprint density at radius 1 is 1.78 bits per heavy atom. The zero-order valence-corrected chi connectivity index (χ0v) is 6.03. The lowest BCUT2D eigenvalue weighted by atomic mass is 10.1. The number of nitrogens with two attached hydrogens (primary N) is 1. The third kappa shape index (κ3) is 1.53. The highest BCUT2D eigenvalue weighted by Crippen LogP contribution is 2.15. The SMILES string of the molecule is [CH2]C[C@H](N)c1ccsc1. The van der Waals surface area contributed by atoms with Crippen molar-refractivity contribution in [2.24, 2.45) is 5.73 Å². The van der Waals surface area contributed by atoms with E-state index in [4.69, 9.17) is 5.73 Å². The first-order valence-electron chi connectivity index (χ1n) is 2.91. The molecule has 0 aliphatic rings. The zero-order chi connectivity index (χ0) is 6.69. The summed E-state index contributed by atoms with van der Waals surface area (Å²) in [6.07, 6.45) is 0.775. The van der Waals surface area contributed by atoms with Crippen molar-refractivity contribution in [3.05, 3.63) is 29.3 Å². The van der Waals surface area contributed by atoms with Crippen LogP contribution in [0.4, 0.5) is 0 Å². The fraction of sp³-hybridized carbons (Fsp3) is 0.286. The van der Waals surface area contributed by atoms with Gasteiger partial charge in [-0.15, -0.1) is 0 Å². The highest BCUT2D eigenvalue weighted by molar-refractivity contribution is 7.07. The molecule has 1 aromatic heterocycles. The Morgan fingerprint density at radius 2 is 2.56 bits per heavy atom. The third-order valence-electron chi connectivity index (χ3n) is 1.28. The van der Waals surface area contributed by atoms with Gasteiger partial charge >= 0.3 is 0 Å². The summed E-state index contributed by atoms with van der Waals surface area (Å²) in [4.78, 5) is 0. The Bertz CT molecular complexity index is 157. The van der Waals surface area contributed by atoms with E-state index in [0.29, 0.717) is 0 Å². The molecule has 0 aliphatic carbocycles. The lowest BCUT2D eigenvalue weighted by Gasteiger charge is -2.03. The van der Waals surface area contributed by atoms with E-state index in [1.807, 2.05) is 11.4 Å². The van der Waals surface area contributed by atoms with Gasteiger partial charge in [0, 0.05) is 6.04 Å². The van der Waals surface area contributed by atoms with Crippen molar-refractivity contribution in [2.75, 3.05) is 0 Å². The molecule has 0 bridgehead atoms. The second-order valence-corrected chi connectivity index (χ2v) is 2.73. The summed E-state index contributed by atoms with van der Waals surface area (Å²) < 4.78 is 0. The molecule has 1 aromatic rings. The standard InChI is InChI=1S/C7H10NS/c1-2-7(8)6-3-4-9-5-6/h3-5,7H,1-2,8H2/t7-/m0/s1. The van der Waals surface area contributed by atoms with Crippen molar-refractivity contribution >= 4 is 11.3 Å². The first-order valence-corrected chi connectivity index (χ1v) is 3.86. The van der Waals surface area contributed by atoms with Crippen LogP contribution in [0.25, 0.3) is 0 Å². The predicted octanol–water partition coefficient (Wildman–Crippen LogP) is 1.97. The van der Waals surface area contributed by atoms with Crippen LogP contribution in [0.5, 0.6) is 0 Å². The molecule has 1 rings (SSSR count). The van der Waals surface area contributed by atoms with Crippen LogP contribution in [-0.4, -0.2) is 0 Å². The highest BCUT2D eigenvalue weighted by atomic mass is 32.1. The van der Waals surface area contributed by atoms with E-state index in [-0.39, 0.29) is 6.04 Å². The maximum atomic E-state index is 5.68. The Balaban J connectivity index is 2.65. The van der Waals surface area contributed by atoms with Crippen molar-refractivity contribution < 1.29 is 0 Å². The van der Waals surface area contributed by atoms with E-state index in [1.54, 1.807) is 11.3 Å². The second kappa shape index (κ2) is 2.99. The van der Waals surface area contributed by atoms with Crippen LogP contribution >= 0.6 is 11.3 Å². The minimum Gasteiger partial charge on any atom is -0.324 e. The molecule has 49 valence electrons. The summed E-state index contributed by atoms with van der Waals surface area (Å²) in [7, 11) is 0. The molecule has 0 aliphatic heterocycles. The number of hydrogen-bond acceptors (Lipinski definition) is 2. The summed E-state index contributed by atoms with van der Waals surface area (Å²) in [5, 5.41) is 4.10. The molecule has 0 saturated heterocycles. The minimum absolute atomic E-state index is 0.135. The normalized spacial score (nSPS) is 13.6. The minimum atomic E-state index is 0.135. The molecule has 2 N–H and O–H groups in total. The molecule has 2 heteroatoms. The average molecular weight is 140 g/mol. The van der Waals surface area contributed by atoms with Gasteiger partial charge in [-0.2, -0.15) is 11.3 Å². The summed E-state index contributed by atoms with van der Waals surface area (Å²) in [5.74, 6) is 0. The van der Waals surface area contributed by atoms with E-state index in [1.165, 1.54) is 5.56 Å². The van der Waals surface area contributed by atoms with Gasteiger partial charge in [0.25, 0.3) is 0 Å². The molecule has 0 aromatic carbocycles. The molecular formula is C7H10NS. The predicted molar refractivity (Wildman–Crippen MR) is 41.2 cm³/mol. The van der Waals surface area contributed by atoms with Crippen LogP contribution in [0.15, 0.2) is 16.8 Å². The van der Waals surface area contributed by atoms with Gasteiger partial charge in [0.2, 0.25) is 0 Å². The number of rotatable bonds is 2. The second-order valence-electron chi connectivity index (χ2n) is 1.95. The molecule has 1 nitrogen and oxygen atoms in total. The maximum absolute atomic E-state index is 5.68. The van der Waals surface area contributed by atoms with Gasteiger partial charge in [-0.25, -0.2) is 0 Å². The van der Waals surface area contributed by atoms with E-state index in [0.717, 1.165) is 6.42 Å². The van der Waals surface area contributed by atoms with E-state index in [9.17, 15) is 0 Å². The largest absolute Gasteiger partial charge is 0.324 e. The van der Waals surface area contributed by atoms with E-state index in [2.05, 4.69) is 12.3 Å². The molecular weight excluding hydrogens is 130 g/mol. The lowest BCUT2D eigenvalue weighted by Crippen LogP contribution is -2.06. The fourth-order valence-electron chi connectivity index (χ4n) is 0.653. The van der Waals surface area contributed by atoms with Gasteiger partial charge < -0.3 is 5.73 Å².